The summed E-state index contributed by atoms with van der Waals surface area (Å²) in [5, 5.41) is 0.615. The number of anilines is 1. The first-order valence-electron chi connectivity index (χ1n) is 7.25. The fourth-order valence-electron chi connectivity index (χ4n) is 2.04. The second kappa shape index (κ2) is 8.54. The van der Waals surface area contributed by atoms with Crippen molar-refractivity contribution in [1.82, 2.24) is 4.90 Å². The second-order valence-electron chi connectivity index (χ2n) is 6.06. The van der Waals surface area contributed by atoms with E-state index in [4.69, 9.17) is 17.3 Å². The van der Waals surface area contributed by atoms with Gasteiger partial charge in [0, 0.05) is 28.7 Å². The SMILES string of the molecule is CC(C)CN(CC(C)C)C(=O)CSc1ccc(Cl)cc1N. The fraction of sp³-hybridized carbons (Fsp3) is 0.562. The number of nitrogens with two attached hydrogens (primary N) is 1. The Balaban J connectivity index is 2.64. The monoisotopic (exact) mass is 328 g/mol. The van der Waals surface area contributed by atoms with Gasteiger partial charge in [-0.1, -0.05) is 39.3 Å². The number of halogens is 1. The van der Waals surface area contributed by atoms with Crippen molar-refractivity contribution in [2.24, 2.45) is 11.8 Å². The summed E-state index contributed by atoms with van der Waals surface area (Å²) in [6, 6.07) is 5.38. The lowest BCUT2D eigenvalue weighted by Crippen LogP contribution is -2.38. The van der Waals surface area contributed by atoms with Crippen LogP contribution >= 0.6 is 23.4 Å². The molecule has 2 N–H and O–H groups in total. The van der Waals surface area contributed by atoms with Crippen molar-refractivity contribution in [3.63, 3.8) is 0 Å². The van der Waals surface area contributed by atoms with Crippen LogP contribution in [0.25, 0.3) is 0 Å². The summed E-state index contributed by atoms with van der Waals surface area (Å²) < 4.78 is 0. The van der Waals surface area contributed by atoms with Gasteiger partial charge >= 0.3 is 0 Å². The number of amides is 1. The molecule has 0 radical (unpaired) electrons. The van der Waals surface area contributed by atoms with Gasteiger partial charge in [0.25, 0.3) is 0 Å². The van der Waals surface area contributed by atoms with E-state index in [0.717, 1.165) is 18.0 Å². The Bertz CT molecular complexity index is 467. The van der Waals surface area contributed by atoms with Gasteiger partial charge in [-0.3, -0.25) is 4.79 Å². The number of nitrogen functional groups attached to an aromatic ring is 1. The molecule has 1 rings (SSSR count). The van der Waals surface area contributed by atoms with E-state index in [0.29, 0.717) is 28.3 Å². The first-order chi connectivity index (χ1) is 9.79. The maximum absolute atomic E-state index is 12.4. The van der Waals surface area contributed by atoms with Crippen LogP contribution in [0.1, 0.15) is 27.7 Å². The Morgan fingerprint density at radius 2 is 1.81 bits per heavy atom. The van der Waals surface area contributed by atoms with Crippen LogP contribution in [0.5, 0.6) is 0 Å². The molecule has 0 atom stereocenters. The predicted molar refractivity (Wildman–Crippen MR) is 92.8 cm³/mol. The highest BCUT2D eigenvalue weighted by molar-refractivity contribution is 8.00. The molecule has 0 aliphatic rings. The molecular weight excluding hydrogens is 304 g/mol. The zero-order valence-electron chi connectivity index (χ0n) is 13.2. The minimum Gasteiger partial charge on any atom is -0.398 e. The lowest BCUT2D eigenvalue weighted by atomic mass is 10.1. The van der Waals surface area contributed by atoms with Gasteiger partial charge in [0.05, 0.1) is 5.75 Å². The maximum atomic E-state index is 12.4. The van der Waals surface area contributed by atoms with Gasteiger partial charge in [0.1, 0.15) is 0 Å². The summed E-state index contributed by atoms with van der Waals surface area (Å²) >= 11 is 7.35. The van der Waals surface area contributed by atoms with Crippen molar-refractivity contribution >= 4 is 35.0 Å². The first-order valence-corrected chi connectivity index (χ1v) is 8.61. The summed E-state index contributed by atoms with van der Waals surface area (Å²) in [6.07, 6.45) is 0. The van der Waals surface area contributed by atoms with E-state index < -0.39 is 0 Å². The van der Waals surface area contributed by atoms with Crippen molar-refractivity contribution in [3.05, 3.63) is 23.2 Å². The van der Waals surface area contributed by atoms with Crippen molar-refractivity contribution in [2.75, 3.05) is 24.6 Å². The third-order valence-electron chi connectivity index (χ3n) is 2.85. The number of hydrogen-bond donors (Lipinski definition) is 1. The summed E-state index contributed by atoms with van der Waals surface area (Å²) in [7, 11) is 0. The van der Waals surface area contributed by atoms with Crippen LogP contribution < -0.4 is 5.73 Å². The summed E-state index contributed by atoms with van der Waals surface area (Å²) in [5.41, 5.74) is 6.54. The normalized spacial score (nSPS) is 11.2. The van der Waals surface area contributed by atoms with Crippen molar-refractivity contribution in [1.29, 1.82) is 0 Å². The van der Waals surface area contributed by atoms with E-state index in [1.54, 1.807) is 12.1 Å². The average molecular weight is 329 g/mol. The zero-order valence-corrected chi connectivity index (χ0v) is 14.8. The van der Waals surface area contributed by atoms with Gasteiger partial charge in [-0.2, -0.15) is 0 Å². The molecule has 1 amide bonds. The Hall–Kier alpha value is -0.870. The number of nitrogens with zero attached hydrogens (tertiary/aromatic N) is 1. The number of hydrogen-bond acceptors (Lipinski definition) is 3. The molecule has 3 nitrogen and oxygen atoms in total. The highest BCUT2D eigenvalue weighted by atomic mass is 35.5. The topological polar surface area (TPSA) is 46.3 Å². The number of carbonyl (C=O) groups excluding carboxylic acids is 1. The van der Waals surface area contributed by atoms with Gasteiger partial charge in [0.15, 0.2) is 0 Å². The minimum absolute atomic E-state index is 0.164. The van der Waals surface area contributed by atoms with Gasteiger partial charge in [-0.05, 0) is 30.0 Å². The van der Waals surface area contributed by atoms with E-state index in [1.807, 2.05) is 11.0 Å². The molecule has 0 aliphatic heterocycles. The lowest BCUT2D eigenvalue weighted by molar-refractivity contribution is -0.129. The molecule has 0 saturated carbocycles. The molecule has 21 heavy (non-hydrogen) atoms. The Kier molecular flexibility index (Phi) is 7.40. The van der Waals surface area contributed by atoms with Crippen molar-refractivity contribution in [3.8, 4) is 0 Å². The number of carbonyl (C=O) groups is 1. The Morgan fingerprint density at radius 1 is 1.24 bits per heavy atom. The molecular formula is C16H25ClN2OS. The Labute approximate surface area is 137 Å². The molecule has 0 fully saturated rings. The summed E-state index contributed by atoms with van der Waals surface area (Å²) in [5.74, 6) is 1.51. The van der Waals surface area contributed by atoms with Crippen LogP contribution in [0.3, 0.4) is 0 Å². The van der Waals surface area contributed by atoms with Gasteiger partial charge in [0.2, 0.25) is 5.91 Å². The first kappa shape index (κ1) is 18.2. The summed E-state index contributed by atoms with van der Waals surface area (Å²) in [4.78, 5) is 15.3. The van der Waals surface area contributed by atoms with Crippen LogP contribution in [0, 0.1) is 11.8 Å². The molecule has 5 heteroatoms. The van der Waals surface area contributed by atoms with E-state index >= 15 is 0 Å². The fourth-order valence-corrected chi connectivity index (χ4v) is 3.07. The van der Waals surface area contributed by atoms with Crippen molar-refractivity contribution < 1.29 is 4.79 Å². The van der Waals surface area contributed by atoms with Gasteiger partial charge < -0.3 is 10.6 Å². The van der Waals surface area contributed by atoms with Gasteiger partial charge in [-0.25, -0.2) is 0 Å². The largest absolute Gasteiger partial charge is 0.398 e. The van der Waals surface area contributed by atoms with E-state index in [2.05, 4.69) is 27.7 Å². The highest BCUT2D eigenvalue weighted by Crippen LogP contribution is 2.27. The predicted octanol–water partition coefficient (Wildman–Crippen LogP) is 4.15. The highest BCUT2D eigenvalue weighted by Gasteiger charge is 2.16. The molecule has 0 aliphatic carbocycles. The maximum Gasteiger partial charge on any atom is 0.232 e. The minimum atomic E-state index is 0.164. The molecule has 0 bridgehead atoms. The van der Waals surface area contributed by atoms with Gasteiger partial charge in [-0.15, -0.1) is 11.8 Å². The summed E-state index contributed by atoms with van der Waals surface area (Å²) in [6.45, 7) is 10.1. The number of rotatable bonds is 7. The van der Waals surface area contributed by atoms with Crippen LogP contribution in [0.15, 0.2) is 23.1 Å². The van der Waals surface area contributed by atoms with Crippen molar-refractivity contribution in [2.45, 2.75) is 32.6 Å². The third kappa shape index (κ3) is 6.62. The number of thioether (sulfide) groups is 1. The smallest absolute Gasteiger partial charge is 0.232 e. The standard InChI is InChI=1S/C16H25ClN2OS/c1-11(2)8-19(9-12(3)4)16(20)10-21-15-6-5-13(17)7-14(15)18/h5-7,11-12H,8-10,18H2,1-4H3. The zero-order chi connectivity index (χ0) is 16.0. The molecule has 0 heterocycles. The lowest BCUT2D eigenvalue weighted by Gasteiger charge is -2.26. The van der Waals surface area contributed by atoms with E-state index in [1.165, 1.54) is 11.8 Å². The van der Waals surface area contributed by atoms with E-state index in [-0.39, 0.29) is 5.91 Å². The molecule has 0 unspecified atom stereocenters. The molecule has 118 valence electrons. The number of benzene rings is 1. The Morgan fingerprint density at radius 3 is 2.29 bits per heavy atom. The second-order valence-corrected chi connectivity index (χ2v) is 7.51. The molecule has 0 saturated heterocycles. The van der Waals surface area contributed by atoms with Crippen LogP contribution in [-0.2, 0) is 4.79 Å². The third-order valence-corrected chi connectivity index (χ3v) is 4.16. The average Bonchev–Trinajstić information content (AvgIpc) is 2.35. The van der Waals surface area contributed by atoms with E-state index in [9.17, 15) is 4.79 Å². The van der Waals surface area contributed by atoms with Crippen LogP contribution in [-0.4, -0.2) is 29.6 Å². The molecule has 1 aromatic rings. The van der Waals surface area contributed by atoms with Crippen LogP contribution in [0.4, 0.5) is 5.69 Å². The molecule has 1 aromatic carbocycles. The molecule has 0 spiro atoms. The van der Waals surface area contributed by atoms with Crippen LogP contribution in [0.2, 0.25) is 5.02 Å². The quantitative estimate of drug-likeness (QED) is 0.604. The molecule has 0 aromatic heterocycles.